The summed E-state index contributed by atoms with van der Waals surface area (Å²) in [5, 5.41) is 21.1. The van der Waals surface area contributed by atoms with Gasteiger partial charge in [0.15, 0.2) is 15.4 Å². The topological polar surface area (TPSA) is 150 Å². The molecule has 38 heavy (non-hydrogen) atoms. The molecule has 1 atom stereocenters. The lowest BCUT2D eigenvalue weighted by Crippen LogP contribution is -2.45. The number of rotatable bonds is 6. The molecule has 3 rings (SSSR count). The average molecular weight is 552 g/mol. The highest BCUT2D eigenvalue weighted by molar-refractivity contribution is 7.91. The van der Waals surface area contributed by atoms with Gasteiger partial charge in [0.25, 0.3) is 5.91 Å². The van der Waals surface area contributed by atoms with Gasteiger partial charge < -0.3 is 16.2 Å². The summed E-state index contributed by atoms with van der Waals surface area (Å²) < 4.78 is 76.6. The van der Waals surface area contributed by atoms with Gasteiger partial charge in [0.2, 0.25) is 5.91 Å². The first-order chi connectivity index (χ1) is 17.6. The van der Waals surface area contributed by atoms with Crippen molar-refractivity contribution in [2.45, 2.75) is 23.6 Å². The minimum atomic E-state index is -4.86. The van der Waals surface area contributed by atoms with Gasteiger partial charge in [-0.2, -0.15) is 18.4 Å². The number of anilines is 1. The van der Waals surface area contributed by atoms with E-state index in [2.05, 4.69) is 0 Å². The fourth-order valence-electron chi connectivity index (χ4n) is 2.98. The van der Waals surface area contributed by atoms with E-state index in [-0.39, 0.29) is 16.5 Å². The van der Waals surface area contributed by atoms with E-state index < -0.39 is 50.2 Å². The van der Waals surface area contributed by atoms with E-state index in [0.29, 0.717) is 11.6 Å². The first kappa shape index (κ1) is 29.9. The zero-order chi connectivity index (χ0) is 28.7. The van der Waals surface area contributed by atoms with E-state index in [4.69, 9.17) is 11.0 Å². The van der Waals surface area contributed by atoms with Crippen molar-refractivity contribution in [2.24, 2.45) is 5.73 Å². The highest BCUT2D eigenvalue weighted by Crippen LogP contribution is 2.33. The van der Waals surface area contributed by atoms with Crippen molar-refractivity contribution < 1.29 is 40.7 Å². The van der Waals surface area contributed by atoms with Crippen LogP contribution in [0.4, 0.5) is 23.2 Å². The summed E-state index contributed by atoms with van der Waals surface area (Å²) in [6, 6.07) is 16.2. The Morgan fingerprint density at radius 1 is 1.03 bits per heavy atom. The molecular formula is C25H21F4N3O5S. The SMILES string of the molecule is C[C@@](O)(CS(=O)(=O)c1ccc(F)cc1)C(=O)Nc1ccc(C#N)c(C(F)(F)F)c1.NC(=O)c1ccccc1. The van der Waals surface area contributed by atoms with E-state index in [9.17, 15) is 40.7 Å². The van der Waals surface area contributed by atoms with Crippen LogP contribution in [0.5, 0.6) is 0 Å². The maximum absolute atomic E-state index is 13.0. The molecule has 4 N–H and O–H groups in total. The van der Waals surface area contributed by atoms with Gasteiger partial charge in [0.05, 0.1) is 27.8 Å². The summed E-state index contributed by atoms with van der Waals surface area (Å²) in [6.07, 6.45) is -4.86. The van der Waals surface area contributed by atoms with Crippen LogP contribution in [0, 0.1) is 17.1 Å². The molecule has 13 heteroatoms. The largest absolute Gasteiger partial charge is 0.417 e. The number of hydrogen-bond donors (Lipinski definition) is 3. The van der Waals surface area contributed by atoms with Crippen LogP contribution in [0.1, 0.15) is 28.4 Å². The fourth-order valence-corrected chi connectivity index (χ4v) is 4.57. The monoisotopic (exact) mass is 551 g/mol. The van der Waals surface area contributed by atoms with Crippen LogP contribution in [-0.4, -0.2) is 36.7 Å². The third-order valence-electron chi connectivity index (χ3n) is 4.89. The molecule has 8 nitrogen and oxygen atoms in total. The molecule has 3 aromatic rings. The fraction of sp³-hybridized carbons (Fsp3) is 0.160. The average Bonchev–Trinajstić information content (AvgIpc) is 2.84. The Morgan fingerprint density at radius 3 is 2.08 bits per heavy atom. The molecular weight excluding hydrogens is 530 g/mol. The zero-order valence-corrected chi connectivity index (χ0v) is 20.5. The van der Waals surface area contributed by atoms with Gasteiger partial charge in [0, 0.05) is 11.3 Å². The second-order valence-corrected chi connectivity index (χ2v) is 10.0. The van der Waals surface area contributed by atoms with Crippen LogP contribution in [0.25, 0.3) is 0 Å². The van der Waals surface area contributed by atoms with Gasteiger partial charge >= 0.3 is 6.18 Å². The van der Waals surface area contributed by atoms with Crippen molar-refractivity contribution in [1.29, 1.82) is 5.26 Å². The van der Waals surface area contributed by atoms with Gasteiger partial charge in [-0.3, -0.25) is 9.59 Å². The number of amides is 2. The van der Waals surface area contributed by atoms with E-state index >= 15 is 0 Å². The number of nitriles is 1. The van der Waals surface area contributed by atoms with Crippen molar-refractivity contribution in [3.05, 3.63) is 95.3 Å². The number of primary amides is 1. The van der Waals surface area contributed by atoms with E-state index in [1.807, 2.05) is 11.4 Å². The molecule has 0 fully saturated rings. The molecule has 0 radical (unpaired) electrons. The number of nitrogens with two attached hydrogens (primary N) is 1. The smallest absolute Gasteiger partial charge is 0.379 e. The molecule has 0 unspecified atom stereocenters. The lowest BCUT2D eigenvalue weighted by Gasteiger charge is -2.22. The molecule has 0 aromatic heterocycles. The van der Waals surface area contributed by atoms with Crippen molar-refractivity contribution >= 4 is 27.3 Å². The first-order valence-electron chi connectivity index (χ1n) is 10.5. The van der Waals surface area contributed by atoms with E-state index in [1.165, 1.54) is 6.07 Å². The summed E-state index contributed by atoms with van der Waals surface area (Å²) in [4.78, 5) is 22.4. The standard InChI is InChI=1S/C18H14F4N2O4S.C7H7NO/c1-17(26,10-29(27,28)14-6-3-12(19)4-7-14)16(25)24-13-5-2-11(9-23)15(8-13)18(20,21)22;8-7(9)6-4-2-1-3-5-6/h2-8,26H,10H2,1H3,(H,24,25);1-5H,(H2,8,9)/t17-;/m1./s1. The lowest BCUT2D eigenvalue weighted by molar-refractivity contribution is -0.137. The van der Waals surface area contributed by atoms with E-state index in [0.717, 1.165) is 43.3 Å². The third-order valence-corrected chi connectivity index (χ3v) is 6.83. The number of alkyl halides is 3. The molecule has 0 spiro atoms. The minimum absolute atomic E-state index is 0.343. The number of hydrogen-bond acceptors (Lipinski definition) is 6. The summed E-state index contributed by atoms with van der Waals surface area (Å²) in [5.41, 5.74) is 0.665. The highest BCUT2D eigenvalue weighted by atomic mass is 32.2. The Balaban J connectivity index is 0.000000474. The van der Waals surface area contributed by atoms with Gasteiger partial charge in [0.1, 0.15) is 5.82 Å². The highest BCUT2D eigenvalue weighted by Gasteiger charge is 2.38. The number of carbonyl (C=O) groups excluding carboxylic acids is 2. The minimum Gasteiger partial charge on any atom is -0.379 e. The van der Waals surface area contributed by atoms with Crippen LogP contribution < -0.4 is 11.1 Å². The van der Waals surface area contributed by atoms with E-state index in [1.54, 1.807) is 24.3 Å². The van der Waals surface area contributed by atoms with Crippen LogP contribution >= 0.6 is 0 Å². The first-order valence-corrected chi connectivity index (χ1v) is 12.2. The van der Waals surface area contributed by atoms with Crippen molar-refractivity contribution in [3.8, 4) is 6.07 Å². The summed E-state index contributed by atoms with van der Waals surface area (Å²) >= 11 is 0. The number of aliphatic hydroxyl groups is 1. The lowest BCUT2D eigenvalue weighted by atomic mass is 10.1. The zero-order valence-electron chi connectivity index (χ0n) is 19.7. The van der Waals surface area contributed by atoms with Crippen LogP contribution in [0.2, 0.25) is 0 Å². The molecule has 0 saturated heterocycles. The van der Waals surface area contributed by atoms with Gasteiger partial charge in [-0.25, -0.2) is 12.8 Å². The summed E-state index contributed by atoms with van der Waals surface area (Å²) in [5.74, 6) is -3.44. The quantitative estimate of drug-likeness (QED) is 0.314. The molecule has 2 amide bonds. The predicted molar refractivity (Wildman–Crippen MR) is 129 cm³/mol. The number of nitrogens with zero attached hydrogens (tertiary/aromatic N) is 1. The Morgan fingerprint density at radius 2 is 1.61 bits per heavy atom. The molecule has 0 aliphatic carbocycles. The predicted octanol–water partition coefficient (Wildman–Crippen LogP) is 3.67. The molecule has 3 aromatic carbocycles. The summed E-state index contributed by atoms with van der Waals surface area (Å²) in [7, 11) is -4.21. The Hall–Kier alpha value is -4.28. The number of carbonyl (C=O) groups is 2. The second kappa shape index (κ2) is 11.8. The molecule has 0 saturated carbocycles. The number of benzene rings is 3. The Kier molecular flexibility index (Phi) is 9.33. The molecule has 200 valence electrons. The van der Waals surface area contributed by atoms with Crippen LogP contribution in [0.15, 0.2) is 77.7 Å². The number of sulfone groups is 1. The Bertz CT molecular complexity index is 1450. The Labute approximate surface area is 215 Å². The second-order valence-electron chi connectivity index (χ2n) is 8.04. The van der Waals surface area contributed by atoms with Crippen molar-refractivity contribution in [2.75, 3.05) is 11.1 Å². The third kappa shape index (κ3) is 8.12. The normalized spacial score (nSPS) is 12.8. The van der Waals surface area contributed by atoms with Gasteiger partial charge in [-0.05, 0) is 61.5 Å². The van der Waals surface area contributed by atoms with Gasteiger partial charge in [-0.1, -0.05) is 18.2 Å². The molecule has 0 heterocycles. The summed E-state index contributed by atoms with van der Waals surface area (Å²) in [6.45, 7) is 0.873. The van der Waals surface area contributed by atoms with Gasteiger partial charge in [-0.15, -0.1) is 0 Å². The van der Waals surface area contributed by atoms with Crippen molar-refractivity contribution in [1.82, 2.24) is 0 Å². The molecule has 0 bridgehead atoms. The van der Waals surface area contributed by atoms with Crippen molar-refractivity contribution in [3.63, 3.8) is 0 Å². The maximum Gasteiger partial charge on any atom is 0.417 e. The number of nitrogens with one attached hydrogen (secondary N) is 1. The molecule has 0 aliphatic rings. The van der Waals surface area contributed by atoms with Crippen LogP contribution in [0.3, 0.4) is 0 Å². The number of halogens is 4. The maximum atomic E-state index is 13.0. The van der Waals surface area contributed by atoms with Crippen LogP contribution in [-0.2, 0) is 20.8 Å². The molecule has 0 aliphatic heterocycles.